The van der Waals surface area contributed by atoms with Gasteiger partial charge in [-0.2, -0.15) is 0 Å². The van der Waals surface area contributed by atoms with Crippen LogP contribution in [0.1, 0.15) is 19.0 Å². The van der Waals surface area contributed by atoms with Crippen LogP contribution in [-0.4, -0.2) is 54.6 Å². The van der Waals surface area contributed by atoms with Crippen molar-refractivity contribution in [3.05, 3.63) is 18.1 Å². The maximum atomic E-state index is 4.51. The Hall–Kier alpha value is -1.20. The largest absolute Gasteiger partial charge is 0.354 e. The van der Waals surface area contributed by atoms with Crippen LogP contribution in [0, 0.1) is 0 Å². The van der Waals surface area contributed by atoms with E-state index in [1.165, 1.54) is 6.42 Å². The van der Waals surface area contributed by atoms with Gasteiger partial charge in [-0.25, -0.2) is 4.98 Å². The highest BCUT2D eigenvalue weighted by molar-refractivity contribution is 5.37. The van der Waals surface area contributed by atoms with E-state index in [-0.39, 0.29) is 0 Å². The highest BCUT2D eigenvalue weighted by Crippen LogP contribution is 2.19. The van der Waals surface area contributed by atoms with E-state index in [4.69, 9.17) is 0 Å². The smallest absolute Gasteiger partial charge is 0.147 e. The molecule has 0 spiro atoms. The topological polar surface area (TPSA) is 44.3 Å². The lowest BCUT2D eigenvalue weighted by atomic mass is 10.2. The van der Waals surface area contributed by atoms with Crippen LogP contribution < -0.4 is 10.2 Å². The van der Waals surface area contributed by atoms with E-state index in [1.54, 1.807) is 0 Å². The Bertz CT molecular complexity index is 362. The molecular weight excluding hydrogens is 226 g/mol. The van der Waals surface area contributed by atoms with E-state index >= 15 is 0 Å². The molecule has 1 unspecified atom stereocenters. The lowest BCUT2D eigenvalue weighted by molar-refractivity contribution is 0.315. The predicted octanol–water partition coefficient (Wildman–Crippen LogP) is 0.726. The van der Waals surface area contributed by atoms with Crippen LogP contribution >= 0.6 is 0 Å². The van der Waals surface area contributed by atoms with Gasteiger partial charge in [0.25, 0.3) is 0 Å². The second-order valence-electron chi connectivity index (χ2n) is 5.00. The zero-order valence-electron chi connectivity index (χ0n) is 11.6. The lowest BCUT2D eigenvalue weighted by Crippen LogP contribution is -2.31. The minimum Gasteiger partial charge on any atom is -0.354 e. The molecule has 1 aromatic rings. The number of hydrogen-bond donors (Lipinski definition) is 1. The van der Waals surface area contributed by atoms with Crippen LogP contribution in [-0.2, 0) is 6.54 Å². The van der Waals surface area contributed by atoms with Crippen molar-refractivity contribution in [1.82, 2.24) is 20.2 Å². The van der Waals surface area contributed by atoms with Gasteiger partial charge in [0.15, 0.2) is 0 Å². The first-order chi connectivity index (χ1) is 8.70. The Balaban J connectivity index is 1.94. The first-order valence-corrected chi connectivity index (χ1v) is 6.63. The van der Waals surface area contributed by atoms with Gasteiger partial charge in [-0.1, -0.05) is 6.92 Å². The molecule has 0 saturated carbocycles. The SMILES string of the molecule is CCNCc1cnc(N2CCC(N(C)C)C2)cn1. The summed E-state index contributed by atoms with van der Waals surface area (Å²) in [6.07, 6.45) is 4.97. The standard InChI is InChI=1S/C13H23N5/c1-4-14-7-11-8-16-13(9-15-11)18-6-5-12(10-18)17(2)3/h8-9,12,14H,4-7,10H2,1-3H3. The molecule has 18 heavy (non-hydrogen) atoms. The van der Waals surface area contributed by atoms with Crippen LogP contribution in [0.15, 0.2) is 12.4 Å². The lowest BCUT2D eigenvalue weighted by Gasteiger charge is -2.20. The van der Waals surface area contributed by atoms with E-state index < -0.39 is 0 Å². The van der Waals surface area contributed by atoms with Gasteiger partial charge in [0, 0.05) is 25.7 Å². The number of hydrogen-bond acceptors (Lipinski definition) is 5. The zero-order chi connectivity index (χ0) is 13.0. The van der Waals surface area contributed by atoms with Gasteiger partial charge in [-0.15, -0.1) is 0 Å². The summed E-state index contributed by atoms with van der Waals surface area (Å²) >= 11 is 0. The monoisotopic (exact) mass is 249 g/mol. The van der Waals surface area contributed by atoms with Crippen LogP contribution in [0.4, 0.5) is 5.82 Å². The molecule has 1 aromatic heterocycles. The maximum absolute atomic E-state index is 4.51. The van der Waals surface area contributed by atoms with Crippen LogP contribution in [0.5, 0.6) is 0 Å². The summed E-state index contributed by atoms with van der Waals surface area (Å²) in [4.78, 5) is 13.6. The van der Waals surface area contributed by atoms with Crippen molar-refractivity contribution in [2.24, 2.45) is 0 Å². The summed E-state index contributed by atoms with van der Waals surface area (Å²) in [6, 6.07) is 0.633. The normalized spacial score (nSPS) is 19.8. The summed E-state index contributed by atoms with van der Waals surface area (Å²) in [7, 11) is 4.28. The Morgan fingerprint density at radius 3 is 2.78 bits per heavy atom. The Labute approximate surface area is 109 Å². The van der Waals surface area contributed by atoms with Gasteiger partial charge in [-0.05, 0) is 27.1 Å². The third-order valence-corrected chi connectivity index (χ3v) is 3.47. The second kappa shape index (κ2) is 6.11. The molecule has 0 aromatic carbocycles. The van der Waals surface area contributed by atoms with Gasteiger partial charge in [0.05, 0.1) is 18.1 Å². The number of nitrogens with one attached hydrogen (secondary N) is 1. The third kappa shape index (κ3) is 3.17. The molecule has 100 valence electrons. The van der Waals surface area contributed by atoms with Gasteiger partial charge >= 0.3 is 0 Å². The fourth-order valence-corrected chi connectivity index (χ4v) is 2.23. The highest BCUT2D eigenvalue weighted by Gasteiger charge is 2.24. The molecule has 1 N–H and O–H groups in total. The molecule has 1 aliphatic rings. The molecule has 1 fully saturated rings. The molecule has 5 heteroatoms. The summed E-state index contributed by atoms with van der Waals surface area (Å²) in [5, 5.41) is 3.25. The average Bonchev–Trinajstić information content (AvgIpc) is 2.87. The molecule has 1 aliphatic heterocycles. The van der Waals surface area contributed by atoms with Crippen molar-refractivity contribution in [2.45, 2.75) is 25.9 Å². The van der Waals surface area contributed by atoms with E-state index in [2.05, 4.69) is 46.1 Å². The molecule has 2 rings (SSSR count). The van der Waals surface area contributed by atoms with Gasteiger partial charge < -0.3 is 15.1 Å². The average molecular weight is 249 g/mol. The fourth-order valence-electron chi connectivity index (χ4n) is 2.23. The zero-order valence-corrected chi connectivity index (χ0v) is 11.6. The molecule has 0 bridgehead atoms. The second-order valence-corrected chi connectivity index (χ2v) is 5.00. The summed E-state index contributed by atoms with van der Waals surface area (Å²) < 4.78 is 0. The quantitative estimate of drug-likeness (QED) is 0.833. The van der Waals surface area contributed by atoms with Gasteiger partial charge in [0.2, 0.25) is 0 Å². The predicted molar refractivity (Wildman–Crippen MR) is 73.7 cm³/mol. The molecule has 1 atom stereocenters. The molecule has 0 radical (unpaired) electrons. The maximum Gasteiger partial charge on any atom is 0.147 e. The summed E-state index contributed by atoms with van der Waals surface area (Å²) in [5.74, 6) is 1.000. The number of aromatic nitrogens is 2. The third-order valence-electron chi connectivity index (χ3n) is 3.47. The molecule has 1 saturated heterocycles. The van der Waals surface area contributed by atoms with Crippen LogP contribution in [0.25, 0.3) is 0 Å². The van der Waals surface area contributed by atoms with Crippen molar-refractivity contribution in [3.8, 4) is 0 Å². The number of rotatable bonds is 5. The molecule has 5 nitrogen and oxygen atoms in total. The molecular formula is C13H23N5. The number of anilines is 1. The number of nitrogens with zero attached hydrogens (tertiary/aromatic N) is 4. The van der Waals surface area contributed by atoms with Crippen molar-refractivity contribution in [1.29, 1.82) is 0 Å². The van der Waals surface area contributed by atoms with Gasteiger partial charge in [0.1, 0.15) is 5.82 Å². The highest BCUT2D eigenvalue weighted by atomic mass is 15.3. The van der Waals surface area contributed by atoms with Crippen molar-refractivity contribution < 1.29 is 0 Å². The van der Waals surface area contributed by atoms with E-state index in [1.807, 2.05) is 12.4 Å². The minimum atomic E-state index is 0.633. The van der Waals surface area contributed by atoms with Crippen molar-refractivity contribution in [3.63, 3.8) is 0 Å². The van der Waals surface area contributed by atoms with Gasteiger partial charge in [-0.3, -0.25) is 4.98 Å². The summed E-state index contributed by atoms with van der Waals surface area (Å²) in [6.45, 7) is 5.97. The Morgan fingerprint density at radius 1 is 1.39 bits per heavy atom. The van der Waals surface area contributed by atoms with E-state index in [0.29, 0.717) is 6.04 Å². The first-order valence-electron chi connectivity index (χ1n) is 6.63. The van der Waals surface area contributed by atoms with E-state index in [0.717, 1.165) is 37.7 Å². The number of likely N-dealkylation sites (N-methyl/N-ethyl adjacent to an activating group) is 1. The van der Waals surface area contributed by atoms with Crippen LogP contribution in [0.2, 0.25) is 0 Å². The molecule has 0 amide bonds. The summed E-state index contributed by atoms with van der Waals surface area (Å²) in [5.41, 5.74) is 1.00. The molecule has 2 heterocycles. The molecule has 0 aliphatic carbocycles. The van der Waals surface area contributed by atoms with E-state index in [9.17, 15) is 0 Å². The van der Waals surface area contributed by atoms with Crippen molar-refractivity contribution in [2.75, 3.05) is 38.6 Å². The van der Waals surface area contributed by atoms with Crippen LogP contribution in [0.3, 0.4) is 0 Å². The van der Waals surface area contributed by atoms with Crippen molar-refractivity contribution >= 4 is 5.82 Å². The minimum absolute atomic E-state index is 0.633. The fraction of sp³-hybridized carbons (Fsp3) is 0.692. The Kier molecular flexibility index (Phi) is 4.49. The first kappa shape index (κ1) is 13.2. The Morgan fingerprint density at radius 2 is 2.22 bits per heavy atom.